The minimum atomic E-state index is 0.336. The molecule has 0 saturated heterocycles. The summed E-state index contributed by atoms with van der Waals surface area (Å²) in [7, 11) is 0. The summed E-state index contributed by atoms with van der Waals surface area (Å²) in [5.74, 6) is 0.937. The summed E-state index contributed by atoms with van der Waals surface area (Å²) >= 11 is 0. The maximum Gasteiger partial charge on any atom is 0.225 e. The van der Waals surface area contributed by atoms with Crippen molar-refractivity contribution >= 4 is 5.95 Å². The average Bonchev–Trinajstić information content (AvgIpc) is 2.47. The van der Waals surface area contributed by atoms with E-state index < -0.39 is 0 Å². The van der Waals surface area contributed by atoms with Gasteiger partial charge >= 0.3 is 0 Å². The van der Waals surface area contributed by atoms with E-state index in [9.17, 15) is 0 Å². The van der Waals surface area contributed by atoms with E-state index in [0.29, 0.717) is 11.5 Å². The van der Waals surface area contributed by atoms with Crippen LogP contribution in [0.25, 0.3) is 0 Å². The number of nitrogens with zero attached hydrogens (tertiary/aromatic N) is 3. The van der Waals surface area contributed by atoms with Gasteiger partial charge in [0.15, 0.2) is 0 Å². The molecule has 0 aromatic carbocycles. The van der Waals surface area contributed by atoms with Gasteiger partial charge in [-0.2, -0.15) is 0 Å². The van der Waals surface area contributed by atoms with Gasteiger partial charge in [0, 0.05) is 24.5 Å². The highest BCUT2D eigenvalue weighted by atomic mass is 15.3. The lowest BCUT2D eigenvalue weighted by molar-refractivity contribution is 0.363. The first-order valence-corrected chi connectivity index (χ1v) is 9.49. The molecule has 0 aliphatic heterocycles. The van der Waals surface area contributed by atoms with Crippen molar-refractivity contribution < 1.29 is 0 Å². The van der Waals surface area contributed by atoms with Crippen LogP contribution in [0, 0.1) is 5.41 Å². The standard InChI is InChI=1S/C20H37N3/c1-7-10-17-13-15-21-19(22-17)23(16-14-20(4,5)6)18(11-8-2)12-9-3/h13,15,18H,7-12,14,16H2,1-6H3. The van der Waals surface area contributed by atoms with Gasteiger partial charge in [-0.1, -0.05) is 60.8 Å². The van der Waals surface area contributed by atoms with Crippen molar-refractivity contribution in [2.24, 2.45) is 5.41 Å². The fraction of sp³-hybridized carbons (Fsp3) is 0.800. The summed E-state index contributed by atoms with van der Waals surface area (Å²) in [6.07, 6.45) is 10.1. The van der Waals surface area contributed by atoms with Gasteiger partial charge in [-0.15, -0.1) is 0 Å². The molecule has 3 nitrogen and oxygen atoms in total. The zero-order valence-corrected chi connectivity index (χ0v) is 16.2. The van der Waals surface area contributed by atoms with E-state index in [-0.39, 0.29) is 0 Å². The summed E-state index contributed by atoms with van der Waals surface area (Å²) in [4.78, 5) is 12.0. The second-order valence-corrected chi connectivity index (χ2v) is 7.83. The first kappa shape index (κ1) is 19.9. The highest BCUT2D eigenvalue weighted by Gasteiger charge is 2.22. The lowest BCUT2D eigenvalue weighted by atomic mass is 9.91. The lowest BCUT2D eigenvalue weighted by Gasteiger charge is -2.34. The van der Waals surface area contributed by atoms with Crippen molar-refractivity contribution in [3.8, 4) is 0 Å². The molecular formula is C20H37N3. The lowest BCUT2D eigenvalue weighted by Crippen LogP contribution is -2.39. The Hall–Kier alpha value is -1.12. The van der Waals surface area contributed by atoms with E-state index in [0.717, 1.165) is 31.8 Å². The van der Waals surface area contributed by atoms with E-state index in [1.54, 1.807) is 0 Å². The molecule has 1 heterocycles. The molecule has 3 heteroatoms. The maximum atomic E-state index is 4.86. The van der Waals surface area contributed by atoms with Gasteiger partial charge < -0.3 is 4.90 Å². The molecule has 0 atom stereocenters. The van der Waals surface area contributed by atoms with Crippen molar-refractivity contribution in [2.45, 2.75) is 92.5 Å². The highest BCUT2D eigenvalue weighted by molar-refractivity contribution is 5.32. The summed E-state index contributed by atoms with van der Waals surface area (Å²) in [6.45, 7) is 14.7. The summed E-state index contributed by atoms with van der Waals surface area (Å²) in [5.41, 5.74) is 1.51. The second-order valence-electron chi connectivity index (χ2n) is 7.83. The van der Waals surface area contributed by atoms with Gasteiger partial charge in [-0.05, 0) is 37.2 Å². The molecule has 0 amide bonds. The molecule has 0 bridgehead atoms. The van der Waals surface area contributed by atoms with Crippen molar-refractivity contribution in [3.63, 3.8) is 0 Å². The van der Waals surface area contributed by atoms with Crippen LogP contribution in [0.3, 0.4) is 0 Å². The van der Waals surface area contributed by atoms with E-state index >= 15 is 0 Å². The second kappa shape index (κ2) is 9.89. The Kier molecular flexibility index (Phi) is 8.57. The Morgan fingerprint density at radius 1 is 1.04 bits per heavy atom. The normalized spacial score (nSPS) is 12.0. The zero-order valence-electron chi connectivity index (χ0n) is 16.2. The maximum absolute atomic E-state index is 4.86. The third-order valence-corrected chi connectivity index (χ3v) is 4.25. The van der Waals surface area contributed by atoms with Crippen LogP contribution in [0.2, 0.25) is 0 Å². The largest absolute Gasteiger partial charge is 0.338 e. The van der Waals surface area contributed by atoms with Gasteiger partial charge in [0.05, 0.1) is 0 Å². The number of hydrogen-bond acceptors (Lipinski definition) is 3. The van der Waals surface area contributed by atoms with E-state index in [1.165, 1.54) is 31.4 Å². The first-order valence-electron chi connectivity index (χ1n) is 9.49. The van der Waals surface area contributed by atoms with Gasteiger partial charge in [-0.25, -0.2) is 9.97 Å². The highest BCUT2D eigenvalue weighted by Crippen LogP contribution is 2.24. The average molecular weight is 320 g/mol. The smallest absolute Gasteiger partial charge is 0.225 e. The molecule has 132 valence electrons. The SMILES string of the molecule is CCCc1ccnc(N(CCC(C)(C)C)C(CCC)CCC)n1. The van der Waals surface area contributed by atoms with Crippen LogP contribution in [-0.4, -0.2) is 22.6 Å². The van der Waals surface area contributed by atoms with Crippen molar-refractivity contribution in [1.82, 2.24) is 9.97 Å². The summed E-state index contributed by atoms with van der Waals surface area (Å²) in [5, 5.41) is 0. The molecule has 0 aliphatic rings. The van der Waals surface area contributed by atoms with Crippen molar-refractivity contribution in [2.75, 3.05) is 11.4 Å². The molecule has 0 spiro atoms. The molecule has 0 unspecified atom stereocenters. The van der Waals surface area contributed by atoms with Crippen LogP contribution in [0.4, 0.5) is 5.95 Å². The third kappa shape index (κ3) is 7.32. The number of anilines is 1. The topological polar surface area (TPSA) is 29.0 Å². The molecule has 0 saturated carbocycles. The third-order valence-electron chi connectivity index (χ3n) is 4.25. The molecule has 0 aliphatic carbocycles. The number of hydrogen-bond donors (Lipinski definition) is 0. The minimum absolute atomic E-state index is 0.336. The molecule has 1 aromatic heterocycles. The Balaban J connectivity index is 3.02. The van der Waals surface area contributed by atoms with Crippen LogP contribution >= 0.6 is 0 Å². The van der Waals surface area contributed by atoms with Crippen molar-refractivity contribution in [1.29, 1.82) is 0 Å². The molecule has 1 rings (SSSR count). The molecule has 1 aromatic rings. The predicted octanol–water partition coefficient (Wildman–Crippen LogP) is 5.64. The van der Waals surface area contributed by atoms with Gasteiger partial charge in [0.25, 0.3) is 0 Å². The Morgan fingerprint density at radius 2 is 1.70 bits per heavy atom. The first-order chi connectivity index (χ1) is 10.9. The Labute approximate surface area is 143 Å². The van der Waals surface area contributed by atoms with Gasteiger partial charge in [0.1, 0.15) is 0 Å². The fourth-order valence-electron chi connectivity index (χ4n) is 2.94. The molecule has 0 N–H and O–H groups in total. The van der Waals surface area contributed by atoms with Gasteiger partial charge in [0.2, 0.25) is 5.95 Å². The van der Waals surface area contributed by atoms with E-state index in [1.807, 2.05) is 6.20 Å². The van der Waals surface area contributed by atoms with Crippen LogP contribution in [0.1, 0.15) is 85.8 Å². The molecular weight excluding hydrogens is 282 g/mol. The summed E-state index contributed by atoms with van der Waals surface area (Å²) < 4.78 is 0. The number of aryl methyl sites for hydroxylation is 1. The monoisotopic (exact) mass is 319 g/mol. The van der Waals surface area contributed by atoms with Crippen LogP contribution in [0.5, 0.6) is 0 Å². The molecule has 23 heavy (non-hydrogen) atoms. The Morgan fingerprint density at radius 3 is 2.22 bits per heavy atom. The van der Waals surface area contributed by atoms with Gasteiger partial charge in [-0.3, -0.25) is 0 Å². The van der Waals surface area contributed by atoms with Crippen LogP contribution in [0.15, 0.2) is 12.3 Å². The minimum Gasteiger partial charge on any atom is -0.338 e. The number of aromatic nitrogens is 2. The summed E-state index contributed by atoms with van der Waals surface area (Å²) in [6, 6.07) is 2.62. The fourth-order valence-corrected chi connectivity index (χ4v) is 2.94. The zero-order chi connectivity index (χ0) is 17.3. The predicted molar refractivity (Wildman–Crippen MR) is 101 cm³/mol. The molecule has 0 fully saturated rings. The number of rotatable bonds is 10. The quantitative estimate of drug-likeness (QED) is 0.559. The van der Waals surface area contributed by atoms with Crippen LogP contribution in [-0.2, 0) is 6.42 Å². The Bertz CT molecular complexity index is 431. The van der Waals surface area contributed by atoms with Crippen molar-refractivity contribution in [3.05, 3.63) is 18.0 Å². The van der Waals surface area contributed by atoms with E-state index in [2.05, 4.69) is 57.5 Å². The molecule has 0 radical (unpaired) electrons. The van der Waals surface area contributed by atoms with E-state index in [4.69, 9.17) is 4.98 Å². The van der Waals surface area contributed by atoms with Crippen LogP contribution < -0.4 is 4.90 Å².